The van der Waals surface area contributed by atoms with Gasteiger partial charge in [0.2, 0.25) is 0 Å². The summed E-state index contributed by atoms with van der Waals surface area (Å²) in [4.78, 5) is 6.63. The highest BCUT2D eigenvalue weighted by Crippen LogP contribution is 2.50. The van der Waals surface area contributed by atoms with Gasteiger partial charge in [-0.2, -0.15) is 0 Å². The zero-order valence-electron chi connectivity index (χ0n) is 85.3. The van der Waals surface area contributed by atoms with E-state index in [1.165, 1.54) is 0 Å². The molecule has 14 N–H and O–H groups in total. The monoisotopic (exact) mass is 1920 g/mol. The Kier molecular flexibility index (Phi) is 30.1. The maximum Gasteiger partial charge on any atom is 0.126 e. The van der Waals surface area contributed by atoms with Crippen LogP contribution in [0.3, 0.4) is 0 Å². The first-order chi connectivity index (χ1) is 67.9. The van der Waals surface area contributed by atoms with Crippen molar-refractivity contribution in [3.63, 3.8) is 0 Å². The molecule has 0 heterocycles. The highest BCUT2D eigenvalue weighted by Gasteiger charge is 2.36. The van der Waals surface area contributed by atoms with Crippen molar-refractivity contribution in [2.45, 2.75) is 230 Å². The number of aryl methyl sites for hydroxylation is 6. The lowest BCUT2D eigenvalue weighted by Gasteiger charge is -2.31. The Morgan fingerprint density at radius 1 is 0.175 bits per heavy atom. The molecule has 0 aromatic heterocycles. The van der Waals surface area contributed by atoms with E-state index in [1.807, 2.05) is 36.4 Å². The number of hydrogen-bond donors (Lipinski definition) is 14. The van der Waals surface area contributed by atoms with Gasteiger partial charge in [-0.3, -0.25) is 0 Å². The van der Waals surface area contributed by atoms with E-state index in [0.29, 0.717) is 66.8 Å². The molecule has 0 spiro atoms. The number of benzene rings is 15. The van der Waals surface area contributed by atoms with E-state index in [2.05, 4.69) is 340 Å². The summed E-state index contributed by atoms with van der Waals surface area (Å²) >= 11 is 0. The molecule has 0 amide bonds. The summed E-state index contributed by atoms with van der Waals surface area (Å²) in [7, 11) is 0. The number of hydrogen-bond acceptors (Lipinski definition) is 18. The minimum absolute atomic E-state index is 0.00854. The van der Waals surface area contributed by atoms with Gasteiger partial charge in [0.15, 0.2) is 0 Å². The van der Waals surface area contributed by atoms with Crippen LogP contribution < -0.4 is 14.7 Å². The first kappa shape index (κ1) is 103. The predicted molar refractivity (Wildman–Crippen MR) is 572 cm³/mol. The maximum absolute atomic E-state index is 13.1. The fourth-order valence-corrected chi connectivity index (χ4v) is 19.8. The van der Waals surface area contributed by atoms with Gasteiger partial charge in [-0.15, -0.1) is 0 Å². The summed E-state index contributed by atoms with van der Waals surface area (Å²) in [5.74, 6) is -0.679. The van der Waals surface area contributed by atoms with E-state index in [1.54, 1.807) is 36.4 Å². The predicted octanol–water partition coefficient (Wildman–Crippen LogP) is 25.4. The van der Waals surface area contributed by atoms with Crippen molar-refractivity contribution in [3.05, 3.63) is 440 Å². The lowest BCUT2D eigenvalue weighted by molar-refractivity contribution is 0.103. The summed E-state index contributed by atoms with van der Waals surface area (Å²) in [5.41, 5.74) is 26.0. The molecule has 18 nitrogen and oxygen atoms in total. The van der Waals surface area contributed by atoms with Gasteiger partial charge in [-0.1, -0.05) is 186 Å². The van der Waals surface area contributed by atoms with Crippen LogP contribution in [0.4, 0.5) is 51.2 Å². The lowest BCUT2D eigenvalue weighted by Crippen LogP contribution is -2.21. The SMILES string of the molecule is Cc1ccc(N(c2ccc(C(C)(C)c3cc(CO)c(O)c(CO)c3)cc2)c2ccc(C(C)(C)c3cc(CO)c(O)c(COCc4cc(C(C)(C)c5ccc(N(c6ccc(C(C)(C)c7cc(CO)c(O)c(CO)c7)cc6)c6ccc(C)c(C)c6)cc5)cc(Cc5cc(C(C)(C)c6ccc(N(c7ccc(C(C)(C)c8cc(CO)c(O)c(CO)c8)cc7)c7ccc(C)c(C)c7)cc6)cc(CO)c5O)c4O)c3)cc2)cc1C. The van der Waals surface area contributed by atoms with E-state index in [9.17, 15) is 71.5 Å². The van der Waals surface area contributed by atoms with Crippen LogP contribution in [0.15, 0.2) is 273 Å². The lowest BCUT2D eigenvalue weighted by atomic mass is 9.75. The van der Waals surface area contributed by atoms with Crippen LogP contribution in [0, 0.1) is 41.5 Å². The highest BCUT2D eigenvalue weighted by molar-refractivity contribution is 5.81. The van der Waals surface area contributed by atoms with E-state index >= 15 is 0 Å². The standard InChI is InChI=1S/C125H135N3O15/c1-75-19-34-111(49-78(75)4)126(107-41-26-95(27-42-107)122(11,12)101-56-84(66-130)116(139)85(57-101)67-131)105-37-22-93(23-38-105)120(7,8)99-53-81(114(137)83(55-99)65-129)52-82-54-100(121(9,10)94-24-39-106(40-25-94)127(112-35-20-76(2)79(5)50-112)108-43-28-96(29-44-108)123(13,14)102-58-86(68-132)117(140)87(59-102)69-133)63-91(115(82)138)73-143-74-92-64-104(62-90(72-136)119(92)142)125(17,18)98-32-47-110(48-33-98)128(113-36-21-77(3)80(6)51-113)109-45-30-97(31-46-109)124(15,16)103-60-88(70-134)118(141)89(61-103)71-135/h19-51,53-64,129-142H,52,65-74H2,1-18H3. The van der Waals surface area contributed by atoms with Gasteiger partial charge in [0.05, 0.1) is 66.1 Å². The van der Waals surface area contributed by atoms with Gasteiger partial charge in [0.1, 0.15) is 34.5 Å². The molecule has 143 heavy (non-hydrogen) atoms. The second-order valence-corrected chi connectivity index (χ2v) is 41.6. The second-order valence-electron chi connectivity index (χ2n) is 41.6. The topological polar surface area (TPSA) is 302 Å². The van der Waals surface area contributed by atoms with Crippen molar-refractivity contribution in [3.8, 4) is 34.5 Å². The molecule has 740 valence electrons. The maximum atomic E-state index is 13.1. The zero-order chi connectivity index (χ0) is 103. The summed E-state index contributed by atoms with van der Waals surface area (Å²) in [5, 5.41) is 154. The first-order valence-electron chi connectivity index (χ1n) is 48.8. The van der Waals surface area contributed by atoms with Crippen molar-refractivity contribution < 1.29 is 76.2 Å². The van der Waals surface area contributed by atoms with Gasteiger partial charge in [-0.25, -0.2) is 0 Å². The molecule has 0 atom stereocenters. The molecule has 15 rings (SSSR count). The fourth-order valence-electron chi connectivity index (χ4n) is 19.8. The number of aromatic hydroxyl groups is 6. The normalized spacial score (nSPS) is 12.2. The minimum atomic E-state index is -0.799. The van der Waals surface area contributed by atoms with E-state index in [-0.39, 0.29) is 80.6 Å². The highest BCUT2D eigenvalue weighted by atomic mass is 16.5. The van der Waals surface area contributed by atoms with Crippen LogP contribution in [-0.2, 0) is 110 Å². The average Bonchev–Trinajstić information content (AvgIpc) is 0.688. The third kappa shape index (κ3) is 20.5. The third-order valence-corrected chi connectivity index (χ3v) is 30.5. The average molecular weight is 1920 g/mol. The molecule has 0 saturated carbocycles. The van der Waals surface area contributed by atoms with E-state index in [0.717, 1.165) is 151 Å². The molecule has 0 radical (unpaired) electrons. The molecule has 0 saturated heterocycles. The van der Waals surface area contributed by atoms with Crippen LogP contribution in [0.2, 0.25) is 0 Å². The van der Waals surface area contributed by atoms with Crippen molar-refractivity contribution in [1.29, 1.82) is 0 Å². The van der Waals surface area contributed by atoms with E-state index in [4.69, 9.17) is 4.74 Å². The largest absolute Gasteiger partial charge is 0.507 e. The van der Waals surface area contributed by atoms with Gasteiger partial charge in [-0.05, 0) is 323 Å². The number of phenols is 6. The Balaban J connectivity index is 0.766. The Morgan fingerprint density at radius 3 is 0.497 bits per heavy atom. The smallest absolute Gasteiger partial charge is 0.126 e. The molecule has 0 unspecified atom stereocenters. The van der Waals surface area contributed by atoms with Crippen molar-refractivity contribution >= 4 is 51.2 Å². The summed E-state index contributed by atoms with van der Waals surface area (Å²) in [6, 6.07) is 91.7. The van der Waals surface area contributed by atoms with Gasteiger partial charge < -0.3 is 90.9 Å². The molecule has 0 aliphatic rings. The van der Waals surface area contributed by atoms with Gasteiger partial charge in [0.25, 0.3) is 0 Å². The van der Waals surface area contributed by atoms with Gasteiger partial charge >= 0.3 is 0 Å². The number of aliphatic hydroxyl groups excluding tert-OH is 8. The molecule has 15 aromatic rings. The van der Waals surface area contributed by atoms with Crippen LogP contribution in [0.25, 0.3) is 0 Å². The van der Waals surface area contributed by atoms with Crippen molar-refractivity contribution in [2.24, 2.45) is 0 Å². The zero-order valence-corrected chi connectivity index (χ0v) is 85.3. The van der Waals surface area contributed by atoms with Crippen LogP contribution >= 0.6 is 0 Å². The molecule has 0 bridgehead atoms. The second kappa shape index (κ2) is 41.6. The molecule has 0 aliphatic carbocycles. The molecule has 0 fully saturated rings. The number of ether oxygens (including phenoxy) is 1. The number of phenolic OH excluding ortho intramolecular Hbond substituents is 1. The summed E-state index contributed by atoms with van der Waals surface area (Å²) in [6.07, 6.45) is 0.00854. The van der Waals surface area contributed by atoms with Crippen LogP contribution in [0.1, 0.15) is 250 Å². The third-order valence-electron chi connectivity index (χ3n) is 30.5. The minimum Gasteiger partial charge on any atom is -0.507 e. The van der Waals surface area contributed by atoms with Gasteiger partial charge in [0, 0.05) is 146 Å². The van der Waals surface area contributed by atoms with Crippen LogP contribution in [-0.4, -0.2) is 71.5 Å². The Morgan fingerprint density at radius 2 is 0.322 bits per heavy atom. The number of rotatable bonds is 35. The Hall–Kier alpha value is -13.9. The molecule has 18 heteroatoms. The Bertz CT molecular complexity index is 7110. The summed E-state index contributed by atoms with van der Waals surface area (Å²) < 4.78 is 6.78. The van der Waals surface area contributed by atoms with Crippen molar-refractivity contribution in [2.75, 3.05) is 14.7 Å². The summed E-state index contributed by atoms with van der Waals surface area (Å²) in [6.45, 7) is 34.1. The molecular weight excluding hydrogens is 1780 g/mol. The molecular formula is C125H135N3O15. The molecule has 15 aromatic carbocycles. The fraction of sp³-hybridized carbons (Fsp3) is 0.280. The quantitative estimate of drug-likeness (QED) is 0.0176. The Labute approximate surface area is 841 Å². The number of aliphatic hydroxyl groups is 8. The van der Waals surface area contributed by atoms with Crippen LogP contribution in [0.5, 0.6) is 34.5 Å². The number of anilines is 9. The first-order valence-corrected chi connectivity index (χ1v) is 48.8. The number of nitrogens with zero attached hydrogens (tertiary/aromatic N) is 3. The van der Waals surface area contributed by atoms with Crippen molar-refractivity contribution in [1.82, 2.24) is 0 Å². The molecule has 0 aliphatic heterocycles. The van der Waals surface area contributed by atoms with E-state index < -0.39 is 58.9 Å².